The van der Waals surface area contributed by atoms with Crippen LogP contribution in [0, 0.1) is 11.3 Å². The molecule has 0 spiro atoms. The monoisotopic (exact) mass is 156 g/mol. The molecule has 1 N–H and O–H groups in total. The fourth-order valence-corrected chi connectivity index (χ4v) is 1.82. The molecule has 0 aromatic carbocycles. The molecule has 0 radical (unpaired) electrons. The molecule has 0 aromatic rings. The van der Waals surface area contributed by atoms with Gasteiger partial charge in [-0.2, -0.15) is 0 Å². The average Bonchev–Trinajstić information content (AvgIpc) is 1.71. The summed E-state index contributed by atoms with van der Waals surface area (Å²) in [5, 5.41) is 8.94. The first kappa shape index (κ1) is 7.10. The third kappa shape index (κ3) is 0.805. The van der Waals surface area contributed by atoms with Crippen molar-refractivity contribution < 1.29 is 14.6 Å². The van der Waals surface area contributed by atoms with Crippen molar-refractivity contribution in [1.29, 1.82) is 0 Å². The van der Waals surface area contributed by atoms with Crippen molar-refractivity contribution in [3.8, 4) is 0 Å². The van der Waals surface area contributed by atoms with Crippen molar-refractivity contribution >= 4 is 5.97 Å². The number of carboxylic acid groups (broad SMARTS) is 1. The summed E-state index contributed by atoms with van der Waals surface area (Å²) < 4.78 is 4.98. The summed E-state index contributed by atoms with van der Waals surface area (Å²) in [7, 11) is 0. The van der Waals surface area contributed by atoms with Crippen molar-refractivity contribution in [2.45, 2.75) is 19.3 Å². The van der Waals surface area contributed by atoms with Crippen LogP contribution >= 0.6 is 0 Å². The summed E-state index contributed by atoms with van der Waals surface area (Å²) in [6.45, 7) is 0.875. The zero-order valence-corrected chi connectivity index (χ0v) is 6.38. The third-order valence-corrected chi connectivity index (χ3v) is 3.03. The largest absolute Gasteiger partial charge is 0.481 e. The minimum atomic E-state index is -0.659. The number of ether oxygens (including phenoxy) is 1. The molecule has 1 heterocycles. The lowest BCUT2D eigenvalue weighted by Crippen LogP contribution is -2.55. The van der Waals surface area contributed by atoms with Crippen LogP contribution in [0.1, 0.15) is 19.3 Å². The molecule has 62 valence electrons. The molecule has 3 nitrogen and oxygen atoms in total. The van der Waals surface area contributed by atoms with Crippen LogP contribution in [0.3, 0.4) is 0 Å². The fraction of sp³-hybridized carbons (Fsp3) is 0.875. The predicted octanol–water partition coefficient (Wildman–Crippen LogP) is 0.888. The Bertz CT molecular complexity index is 180. The first-order valence-electron chi connectivity index (χ1n) is 4.07. The van der Waals surface area contributed by atoms with E-state index in [9.17, 15) is 4.79 Å². The Kier molecular flexibility index (Phi) is 1.42. The van der Waals surface area contributed by atoms with E-state index in [1.165, 1.54) is 6.42 Å². The molecule has 2 rings (SSSR count). The van der Waals surface area contributed by atoms with Gasteiger partial charge in [0.2, 0.25) is 0 Å². The second kappa shape index (κ2) is 2.21. The first-order chi connectivity index (χ1) is 5.26. The lowest BCUT2D eigenvalue weighted by molar-refractivity contribution is -0.198. The molecular formula is C8H12O3. The lowest BCUT2D eigenvalue weighted by atomic mass is 9.64. The highest BCUT2D eigenvalue weighted by Gasteiger charge is 2.53. The van der Waals surface area contributed by atoms with Gasteiger partial charge in [0.05, 0.1) is 13.2 Å². The topological polar surface area (TPSA) is 46.5 Å². The van der Waals surface area contributed by atoms with Gasteiger partial charge in [0, 0.05) is 0 Å². The van der Waals surface area contributed by atoms with Crippen LogP contribution in [-0.4, -0.2) is 24.3 Å². The SMILES string of the molecule is O=C(O)C1(C2CCC2)COC1. The highest BCUT2D eigenvalue weighted by atomic mass is 16.5. The highest BCUT2D eigenvalue weighted by Crippen LogP contribution is 2.46. The second-order valence-corrected chi connectivity index (χ2v) is 3.58. The number of hydrogen-bond donors (Lipinski definition) is 1. The number of carboxylic acids is 1. The van der Waals surface area contributed by atoms with Gasteiger partial charge in [0.1, 0.15) is 5.41 Å². The molecule has 3 heteroatoms. The minimum Gasteiger partial charge on any atom is -0.481 e. The standard InChI is InChI=1S/C8H12O3/c9-7(10)8(4-11-5-8)6-2-1-3-6/h6H,1-5H2,(H,9,10). The quantitative estimate of drug-likeness (QED) is 0.645. The Morgan fingerprint density at radius 3 is 2.18 bits per heavy atom. The summed E-state index contributed by atoms with van der Waals surface area (Å²) in [6, 6.07) is 0. The van der Waals surface area contributed by atoms with Gasteiger partial charge >= 0.3 is 5.97 Å². The van der Waals surface area contributed by atoms with Crippen molar-refractivity contribution in [2.75, 3.05) is 13.2 Å². The number of hydrogen-bond acceptors (Lipinski definition) is 2. The molecule has 0 amide bonds. The molecule has 0 bridgehead atoms. The van der Waals surface area contributed by atoms with Crippen LogP contribution in [0.25, 0.3) is 0 Å². The van der Waals surface area contributed by atoms with E-state index in [2.05, 4.69) is 0 Å². The summed E-state index contributed by atoms with van der Waals surface area (Å²) in [4.78, 5) is 10.9. The Hall–Kier alpha value is -0.570. The molecule has 1 aliphatic carbocycles. The molecule has 0 aromatic heterocycles. The fourth-order valence-electron chi connectivity index (χ4n) is 1.82. The van der Waals surface area contributed by atoms with Crippen molar-refractivity contribution in [3.05, 3.63) is 0 Å². The lowest BCUT2D eigenvalue weighted by Gasteiger charge is -2.47. The summed E-state index contributed by atoms with van der Waals surface area (Å²) >= 11 is 0. The van der Waals surface area contributed by atoms with E-state index >= 15 is 0 Å². The van der Waals surface area contributed by atoms with Crippen LogP contribution in [0.2, 0.25) is 0 Å². The van der Waals surface area contributed by atoms with Crippen LogP contribution in [0.5, 0.6) is 0 Å². The first-order valence-corrected chi connectivity index (χ1v) is 4.07. The maximum atomic E-state index is 10.9. The Balaban J connectivity index is 2.09. The van der Waals surface area contributed by atoms with Gasteiger partial charge < -0.3 is 9.84 Å². The van der Waals surface area contributed by atoms with E-state index in [0.717, 1.165) is 12.8 Å². The van der Waals surface area contributed by atoms with E-state index < -0.39 is 11.4 Å². The summed E-state index contributed by atoms with van der Waals surface area (Å²) in [5.41, 5.74) is -0.488. The van der Waals surface area contributed by atoms with Crippen LogP contribution in [-0.2, 0) is 9.53 Å². The predicted molar refractivity (Wildman–Crippen MR) is 38.2 cm³/mol. The normalized spacial score (nSPS) is 28.7. The molecule has 2 fully saturated rings. The Morgan fingerprint density at radius 1 is 1.45 bits per heavy atom. The van der Waals surface area contributed by atoms with Gasteiger partial charge in [-0.15, -0.1) is 0 Å². The zero-order chi connectivity index (χ0) is 7.90. The number of rotatable bonds is 2. The summed E-state index contributed by atoms with van der Waals surface area (Å²) in [6.07, 6.45) is 3.35. The van der Waals surface area contributed by atoms with E-state index in [1.807, 2.05) is 0 Å². The maximum absolute atomic E-state index is 10.9. The average molecular weight is 156 g/mol. The molecule has 0 atom stereocenters. The van der Waals surface area contributed by atoms with E-state index in [-0.39, 0.29) is 0 Å². The number of aliphatic carboxylic acids is 1. The van der Waals surface area contributed by atoms with E-state index in [4.69, 9.17) is 9.84 Å². The van der Waals surface area contributed by atoms with E-state index in [0.29, 0.717) is 19.1 Å². The van der Waals surface area contributed by atoms with Crippen molar-refractivity contribution in [2.24, 2.45) is 11.3 Å². The molecule has 0 unspecified atom stereocenters. The maximum Gasteiger partial charge on any atom is 0.314 e. The van der Waals surface area contributed by atoms with Gasteiger partial charge in [-0.1, -0.05) is 6.42 Å². The molecule has 1 aliphatic heterocycles. The van der Waals surface area contributed by atoms with Crippen LogP contribution in [0.15, 0.2) is 0 Å². The van der Waals surface area contributed by atoms with Gasteiger partial charge in [-0.05, 0) is 18.8 Å². The summed E-state index contributed by atoms with van der Waals surface area (Å²) in [5.74, 6) is -0.262. The molecule has 11 heavy (non-hydrogen) atoms. The van der Waals surface area contributed by atoms with Crippen LogP contribution < -0.4 is 0 Å². The second-order valence-electron chi connectivity index (χ2n) is 3.58. The Morgan fingerprint density at radius 2 is 2.09 bits per heavy atom. The molecular weight excluding hydrogens is 144 g/mol. The third-order valence-electron chi connectivity index (χ3n) is 3.03. The molecule has 1 saturated heterocycles. The molecule has 2 aliphatic rings. The Labute approximate surface area is 65.4 Å². The van der Waals surface area contributed by atoms with Crippen LogP contribution in [0.4, 0.5) is 0 Å². The molecule has 1 saturated carbocycles. The highest BCUT2D eigenvalue weighted by molar-refractivity contribution is 5.76. The zero-order valence-electron chi connectivity index (χ0n) is 6.38. The van der Waals surface area contributed by atoms with Gasteiger partial charge in [0.25, 0.3) is 0 Å². The van der Waals surface area contributed by atoms with E-state index in [1.54, 1.807) is 0 Å². The van der Waals surface area contributed by atoms with Gasteiger partial charge in [-0.25, -0.2) is 0 Å². The number of carbonyl (C=O) groups is 1. The van der Waals surface area contributed by atoms with Gasteiger partial charge in [-0.3, -0.25) is 4.79 Å². The van der Waals surface area contributed by atoms with Crippen molar-refractivity contribution in [1.82, 2.24) is 0 Å². The van der Waals surface area contributed by atoms with Crippen molar-refractivity contribution in [3.63, 3.8) is 0 Å². The smallest absolute Gasteiger partial charge is 0.314 e. The minimum absolute atomic E-state index is 0.397. The van der Waals surface area contributed by atoms with Gasteiger partial charge in [0.15, 0.2) is 0 Å².